The van der Waals surface area contributed by atoms with Crippen molar-refractivity contribution in [3.8, 4) is 0 Å². The van der Waals surface area contributed by atoms with Crippen LogP contribution in [0.3, 0.4) is 0 Å². The smallest absolute Gasteiger partial charge is 0.416 e. The van der Waals surface area contributed by atoms with Gasteiger partial charge in [-0.25, -0.2) is 0 Å². The van der Waals surface area contributed by atoms with E-state index in [1.165, 1.54) is 24.8 Å². The Bertz CT molecular complexity index is 928. The number of carboxylic acids is 1. The quantitative estimate of drug-likeness (QED) is 0.275. The third-order valence-corrected chi connectivity index (χ3v) is 6.36. The van der Waals surface area contributed by atoms with Gasteiger partial charge in [-0.1, -0.05) is 24.8 Å². The van der Waals surface area contributed by atoms with E-state index in [2.05, 4.69) is 6.58 Å². The van der Waals surface area contributed by atoms with Gasteiger partial charge in [-0.15, -0.1) is 11.8 Å². The zero-order chi connectivity index (χ0) is 25.3. The molecule has 182 valence electrons. The number of nitrogens with two attached hydrogens (primary N) is 1. The van der Waals surface area contributed by atoms with Gasteiger partial charge < -0.3 is 20.8 Å². The summed E-state index contributed by atoms with van der Waals surface area (Å²) < 4.78 is 38.4. The van der Waals surface area contributed by atoms with Gasteiger partial charge in [-0.2, -0.15) is 13.2 Å². The number of rotatable bonds is 10. The summed E-state index contributed by atoms with van der Waals surface area (Å²) in [5.41, 5.74) is 6.99. The number of hydrogen-bond donors (Lipinski definition) is 3. The Hall–Kier alpha value is -2.65. The summed E-state index contributed by atoms with van der Waals surface area (Å²) in [7, 11) is 0. The van der Waals surface area contributed by atoms with Gasteiger partial charge in [0.25, 0.3) is 0 Å². The van der Waals surface area contributed by atoms with Gasteiger partial charge in [0.05, 0.1) is 11.6 Å². The van der Waals surface area contributed by atoms with Gasteiger partial charge in [-0.3, -0.25) is 4.79 Å². The first-order valence-corrected chi connectivity index (χ1v) is 11.2. The Labute approximate surface area is 197 Å². The largest absolute Gasteiger partial charge is 0.508 e. The lowest BCUT2D eigenvalue weighted by Crippen LogP contribution is -2.30. The van der Waals surface area contributed by atoms with E-state index in [1.807, 2.05) is 32.1 Å². The topological polar surface area (TPSA) is 86.8 Å². The number of carbonyl (C=O) groups is 1. The molecule has 9 heteroatoms. The molecule has 0 bridgehead atoms. The highest BCUT2D eigenvalue weighted by atomic mass is 32.2. The molecule has 5 nitrogen and oxygen atoms in total. The molecule has 1 aliphatic heterocycles. The molecule has 2 atom stereocenters. The van der Waals surface area contributed by atoms with Crippen molar-refractivity contribution in [1.82, 2.24) is 4.90 Å². The van der Waals surface area contributed by atoms with E-state index in [0.717, 1.165) is 16.6 Å². The number of allylic oxidation sites excluding steroid dienone is 7. The van der Waals surface area contributed by atoms with Crippen LogP contribution in [0.2, 0.25) is 0 Å². The van der Waals surface area contributed by atoms with E-state index in [-0.39, 0.29) is 23.9 Å². The number of aliphatic hydroxyl groups is 1. The molecule has 0 fully saturated rings. The molecule has 0 saturated carbocycles. The van der Waals surface area contributed by atoms with Crippen LogP contribution in [-0.4, -0.2) is 51.6 Å². The maximum absolute atomic E-state index is 12.8. The van der Waals surface area contributed by atoms with Crippen LogP contribution in [0, 0.1) is 0 Å². The molecule has 2 unspecified atom stereocenters. The van der Waals surface area contributed by atoms with E-state index in [0.29, 0.717) is 17.4 Å². The summed E-state index contributed by atoms with van der Waals surface area (Å²) in [5.74, 6) is -0.623. The van der Waals surface area contributed by atoms with Crippen LogP contribution in [0.1, 0.15) is 27.7 Å². The molecule has 1 rings (SSSR count). The van der Waals surface area contributed by atoms with Crippen LogP contribution < -0.4 is 5.73 Å². The van der Waals surface area contributed by atoms with Crippen molar-refractivity contribution in [1.29, 1.82) is 0 Å². The second kappa shape index (κ2) is 12.6. The fourth-order valence-corrected chi connectivity index (χ4v) is 3.91. The highest BCUT2D eigenvalue weighted by Crippen LogP contribution is 2.28. The van der Waals surface area contributed by atoms with Gasteiger partial charge in [-0.05, 0) is 62.6 Å². The van der Waals surface area contributed by atoms with E-state index in [4.69, 9.17) is 10.8 Å². The van der Waals surface area contributed by atoms with Gasteiger partial charge in [0, 0.05) is 22.9 Å². The maximum Gasteiger partial charge on any atom is 0.416 e. The van der Waals surface area contributed by atoms with E-state index < -0.39 is 23.8 Å². The minimum Gasteiger partial charge on any atom is -0.508 e. The molecule has 0 amide bonds. The van der Waals surface area contributed by atoms with Crippen molar-refractivity contribution in [2.75, 3.05) is 12.3 Å². The van der Waals surface area contributed by atoms with Crippen molar-refractivity contribution >= 4 is 17.7 Å². The lowest BCUT2D eigenvalue weighted by Gasteiger charge is -2.21. The predicted molar refractivity (Wildman–Crippen MR) is 129 cm³/mol. The summed E-state index contributed by atoms with van der Waals surface area (Å²) in [6, 6.07) is -0.605. The molecule has 4 N–H and O–H groups in total. The van der Waals surface area contributed by atoms with Crippen LogP contribution in [0.5, 0.6) is 0 Å². The second-order valence-electron chi connectivity index (χ2n) is 7.52. The van der Waals surface area contributed by atoms with Crippen molar-refractivity contribution < 1.29 is 28.2 Å². The zero-order valence-electron chi connectivity index (χ0n) is 19.2. The Morgan fingerprint density at radius 2 is 1.97 bits per heavy atom. The minimum atomic E-state index is -4.52. The first-order chi connectivity index (χ1) is 15.3. The highest BCUT2D eigenvalue weighted by Gasteiger charge is 2.30. The van der Waals surface area contributed by atoms with Crippen molar-refractivity contribution in [2.45, 2.75) is 46.0 Å². The first-order valence-electron chi connectivity index (χ1n) is 10.2. The van der Waals surface area contributed by atoms with Crippen LogP contribution in [0.25, 0.3) is 0 Å². The number of hydrogen-bond acceptors (Lipinski definition) is 5. The minimum absolute atomic E-state index is 0.0750. The maximum atomic E-state index is 12.8. The van der Waals surface area contributed by atoms with Crippen molar-refractivity contribution in [3.05, 3.63) is 82.2 Å². The SMILES string of the molecule is C=C\C(=C/C=C(C)/C(O)=C(\C)C(N)CSC(/C=C1/C=CN(CC(=O)O)C1C)=C/C)C(F)(F)F. The number of carboxylic acid groups (broad SMARTS) is 1. The average Bonchev–Trinajstić information content (AvgIpc) is 3.07. The molecule has 1 aliphatic rings. The van der Waals surface area contributed by atoms with Gasteiger partial charge in [0.1, 0.15) is 12.3 Å². The number of alkyl halides is 3. The fourth-order valence-electron chi connectivity index (χ4n) is 2.90. The number of thioether (sulfide) groups is 1. The molecule has 0 spiro atoms. The number of nitrogens with zero attached hydrogens (tertiary/aromatic N) is 1. The Kier molecular flexibility index (Phi) is 10.8. The zero-order valence-corrected chi connectivity index (χ0v) is 20.0. The normalized spacial score (nSPS) is 20.8. The highest BCUT2D eigenvalue weighted by molar-refractivity contribution is 8.03. The predicted octanol–water partition coefficient (Wildman–Crippen LogP) is 5.63. The Morgan fingerprint density at radius 3 is 2.48 bits per heavy atom. The fraction of sp³-hybridized carbons (Fsp3) is 0.375. The van der Waals surface area contributed by atoms with Gasteiger partial charge >= 0.3 is 12.1 Å². The van der Waals surface area contributed by atoms with Crippen LogP contribution >= 0.6 is 11.8 Å². The van der Waals surface area contributed by atoms with Crippen LogP contribution in [0.4, 0.5) is 13.2 Å². The average molecular weight is 485 g/mol. The molecule has 0 aliphatic carbocycles. The second-order valence-corrected chi connectivity index (χ2v) is 8.61. The summed E-state index contributed by atoms with van der Waals surface area (Å²) >= 11 is 1.47. The standard InChI is InChI=1S/C24H31F3N2O3S/c1-6-19(24(25,26)27)9-8-15(3)23(32)16(4)21(28)14-33-20(7-2)12-18-10-11-29(17(18)5)13-22(30)31/h6-12,17,21,32H,1,13-14,28H2,2-5H3,(H,30,31)/b15-8+,18-12-,19-9+,20-7+,23-16-. The van der Waals surface area contributed by atoms with Gasteiger partial charge in [0.2, 0.25) is 0 Å². The van der Waals surface area contributed by atoms with Crippen LogP contribution in [0.15, 0.2) is 82.2 Å². The molecule has 0 aromatic carbocycles. The van der Waals surface area contributed by atoms with Crippen LogP contribution in [-0.2, 0) is 4.79 Å². The first kappa shape index (κ1) is 28.4. The molecule has 0 aromatic rings. The third kappa shape index (κ3) is 8.66. The summed E-state index contributed by atoms with van der Waals surface area (Å²) in [4.78, 5) is 13.6. The third-order valence-electron chi connectivity index (χ3n) is 5.14. The molecular formula is C24H31F3N2O3S. The lowest BCUT2D eigenvalue weighted by atomic mass is 10.1. The molecule has 33 heavy (non-hydrogen) atoms. The monoisotopic (exact) mass is 484 g/mol. The van der Waals surface area contributed by atoms with Gasteiger partial charge in [0.15, 0.2) is 0 Å². The molecule has 1 heterocycles. The molecule has 0 radical (unpaired) electrons. The number of aliphatic hydroxyl groups excluding tert-OH is 1. The van der Waals surface area contributed by atoms with Crippen molar-refractivity contribution in [3.63, 3.8) is 0 Å². The van der Waals surface area contributed by atoms with E-state index >= 15 is 0 Å². The molecule has 0 aromatic heterocycles. The molecular weight excluding hydrogens is 453 g/mol. The Balaban J connectivity index is 2.88. The Morgan fingerprint density at radius 1 is 1.33 bits per heavy atom. The number of aliphatic carboxylic acids is 1. The summed E-state index contributed by atoms with van der Waals surface area (Å²) in [6.07, 6.45) is 5.73. The van der Waals surface area contributed by atoms with E-state index in [1.54, 1.807) is 18.0 Å². The van der Waals surface area contributed by atoms with Crippen molar-refractivity contribution in [2.24, 2.45) is 5.73 Å². The summed E-state index contributed by atoms with van der Waals surface area (Å²) in [6.45, 7) is 10.0. The van der Waals surface area contributed by atoms with E-state index in [9.17, 15) is 23.1 Å². The lowest BCUT2D eigenvalue weighted by molar-refractivity contribution is -0.137. The molecule has 0 saturated heterocycles. The summed E-state index contributed by atoms with van der Waals surface area (Å²) in [5, 5.41) is 19.4. The number of halogens is 3.